The molecule has 0 fully saturated rings. The van der Waals surface area contributed by atoms with E-state index in [9.17, 15) is 4.79 Å². The molecule has 3 aromatic heterocycles. The van der Waals surface area contributed by atoms with E-state index in [1.54, 1.807) is 36.1 Å². The number of rotatable bonds is 6. The number of hydrogen-bond acceptors (Lipinski definition) is 6. The fourth-order valence-electron chi connectivity index (χ4n) is 3.45. The number of benzene rings is 1. The topological polar surface area (TPSA) is 99.2 Å². The number of likely N-dealkylation sites (N-methyl/N-ethyl adjacent to an activating group) is 1. The van der Waals surface area contributed by atoms with Crippen LogP contribution in [0.4, 0.5) is 5.82 Å². The summed E-state index contributed by atoms with van der Waals surface area (Å²) in [5, 5.41) is 5.01. The minimum atomic E-state index is -0.125. The van der Waals surface area contributed by atoms with Gasteiger partial charge in [-0.1, -0.05) is 24.3 Å². The summed E-state index contributed by atoms with van der Waals surface area (Å²) in [6, 6.07) is 9.95. The summed E-state index contributed by atoms with van der Waals surface area (Å²) >= 11 is 0. The number of pyridine rings is 2. The summed E-state index contributed by atoms with van der Waals surface area (Å²) in [7, 11) is 5.24. The van der Waals surface area contributed by atoms with Crippen molar-refractivity contribution in [3.8, 4) is 22.3 Å². The van der Waals surface area contributed by atoms with Gasteiger partial charge in [-0.05, 0) is 17.2 Å². The van der Waals surface area contributed by atoms with Crippen molar-refractivity contribution in [2.24, 2.45) is 7.05 Å². The number of carbonyl (C=O) groups excluding carboxylic acids is 1. The molecule has 3 heterocycles. The summed E-state index contributed by atoms with van der Waals surface area (Å²) in [5.41, 5.74) is 11.1. The van der Waals surface area contributed by atoms with Gasteiger partial charge in [-0.3, -0.25) is 14.5 Å². The Kier molecular flexibility index (Phi) is 5.64. The third-order valence-electron chi connectivity index (χ3n) is 5.21. The SMILES string of the molecule is COCCN(C)C(=O)c1cnc2c(N)ncc(-c3ccc(-c4cnn(C)c4)cc3)c2c1. The van der Waals surface area contributed by atoms with Gasteiger partial charge in [-0.2, -0.15) is 5.10 Å². The van der Waals surface area contributed by atoms with E-state index >= 15 is 0 Å². The van der Waals surface area contributed by atoms with Gasteiger partial charge < -0.3 is 15.4 Å². The van der Waals surface area contributed by atoms with Crippen molar-refractivity contribution in [2.75, 3.05) is 33.0 Å². The molecule has 0 aliphatic rings. The number of nitrogens with two attached hydrogens (primary N) is 1. The number of nitrogens with zero attached hydrogens (tertiary/aromatic N) is 5. The molecule has 4 aromatic rings. The smallest absolute Gasteiger partial charge is 0.255 e. The molecule has 0 saturated heterocycles. The lowest BCUT2D eigenvalue weighted by atomic mass is 9.99. The van der Waals surface area contributed by atoms with E-state index in [0.29, 0.717) is 30.0 Å². The molecule has 8 nitrogen and oxygen atoms in total. The van der Waals surface area contributed by atoms with E-state index in [4.69, 9.17) is 10.5 Å². The molecule has 0 bridgehead atoms. The van der Waals surface area contributed by atoms with Gasteiger partial charge in [0, 0.05) is 62.9 Å². The zero-order valence-electron chi connectivity index (χ0n) is 17.7. The number of amides is 1. The number of carbonyl (C=O) groups is 1. The lowest BCUT2D eigenvalue weighted by Gasteiger charge is -2.17. The maximum atomic E-state index is 12.8. The van der Waals surface area contributed by atoms with Gasteiger partial charge in [0.25, 0.3) is 5.91 Å². The molecule has 1 amide bonds. The largest absolute Gasteiger partial charge is 0.383 e. The normalized spacial score (nSPS) is 11.1. The summed E-state index contributed by atoms with van der Waals surface area (Å²) in [5.74, 6) is 0.206. The Morgan fingerprint density at radius 2 is 1.84 bits per heavy atom. The van der Waals surface area contributed by atoms with Crippen LogP contribution in [0.3, 0.4) is 0 Å². The number of ether oxygens (including phenoxy) is 1. The number of anilines is 1. The van der Waals surface area contributed by atoms with E-state index < -0.39 is 0 Å². The molecule has 31 heavy (non-hydrogen) atoms. The quantitative estimate of drug-likeness (QED) is 0.519. The van der Waals surface area contributed by atoms with Crippen LogP contribution in [0.25, 0.3) is 33.2 Å². The summed E-state index contributed by atoms with van der Waals surface area (Å²) < 4.78 is 6.84. The van der Waals surface area contributed by atoms with Crippen molar-refractivity contribution in [2.45, 2.75) is 0 Å². The molecule has 0 atom stereocenters. The van der Waals surface area contributed by atoms with Crippen LogP contribution in [0.5, 0.6) is 0 Å². The maximum absolute atomic E-state index is 12.8. The number of methoxy groups -OCH3 is 1. The molecule has 158 valence electrons. The Morgan fingerprint density at radius 3 is 2.52 bits per heavy atom. The average molecular weight is 416 g/mol. The first-order valence-electron chi connectivity index (χ1n) is 9.86. The second-order valence-electron chi connectivity index (χ2n) is 7.38. The van der Waals surface area contributed by atoms with Crippen molar-refractivity contribution in [1.29, 1.82) is 0 Å². The van der Waals surface area contributed by atoms with Crippen LogP contribution in [0.15, 0.2) is 55.1 Å². The monoisotopic (exact) mass is 416 g/mol. The summed E-state index contributed by atoms with van der Waals surface area (Å²) in [6.07, 6.45) is 7.07. The first-order valence-corrected chi connectivity index (χ1v) is 9.86. The van der Waals surface area contributed by atoms with Crippen LogP contribution in [0.2, 0.25) is 0 Å². The van der Waals surface area contributed by atoms with Gasteiger partial charge in [-0.25, -0.2) is 4.98 Å². The lowest BCUT2D eigenvalue weighted by Crippen LogP contribution is -2.30. The third kappa shape index (κ3) is 4.10. The Labute approximate surface area is 180 Å². The highest BCUT2D eigenvalue weighted by molar-refractivity contribution is 6.03. The Morgan fingerprint density at radius 1 is 1.10 bits per heavy atom. The van der Waals surface area contributed by atoms with Crippen molar-refractivity contribution in [3.63, 3.8) is 0 Å². The second-order valence-corrected chi connectivity index (χ2v) is 7.38. The van der Waals surface area contributed by atoms with Crippen LogP contribution >= 0.6 is 0 Å². The minimum Gasteiger partial charge on any atom is -0.383 e. The predicted molar refractivity (Wildman–Crippen MR) is 120 cm³/mol. The molecule has 0 spiro atoms. The Balaban J connectivity index is 1.73. The number of fused-ring (bicyclic) bond motifs is 1. The van der Waals surface area contributed by atoms with E-state index in [-0.39, 0.29) is 5.91 Å². The Bertz CT molecular complexity index is 1230. The molecule has 0 aliphatic heterocycles. The van der Waals surface area contributed by atoms with E-state index in [0.717, 1.165) is 27.6 Å². The molecule has 0 unspecified atom stereocenters. The molecular formula is C23H24N6O2. The highest BCUT2D eigenvalue weighted by atomic mass is 16.5. The lowest BCUT2D eigenvalue weighted by molar-refractivity contribution is 0.0744. The van der Waals surface area contributed by atoms with Crippen molar-refractivity contribution >= 4 is 22.6 Å². The van der Waals surface area contributed by atoms with Crippen LogP contribution in [0, 0.1) is 0 Å². The standard InChI is InChI=1S/C23H24N6O2/c1-28(8-9-31-3)23(30)17-10-19-20(13-26-22(24)21(19)25-11-17)16-6-4-15(5-7-16)18-12-27-29(2)14-18/h4-7,10-14H,8-9H2,1-3H3,(H2,24,26). The highest BCUT2D eigenvalue weighted by Gasteiger charge is 2.16. The third-order valence-corrected chi connectivity index (χ3v) is 5.21. The van der Waals surface area contributed by atoms with Gasteiger partial charge in [-0.15, -0.1) is 0 Å². The van der Waals surface area contributed by atoms with Crippen LogP contribution in [0.1, 0.15) is 10.4 Å². The van der Waals surface area contributed by atoms with E-state index in [1.807, 2.05) is 49.8 Å². The highest BCUT2D eigenvalue weighted by Crippen LogP contribution is 2.31. The number of nitrogen functional groups attached to an aromatic ring is 1. The second kappa shape index (κ2) is 8.53. The van der Waals surface area contributed by atoms with Gasteiger partial charge in [0.2, 0.25) is 0 Å². The number of hydrogen-bond donors (Lipinski definition) is 1. The molecular weight excluding hydrogens is 392 g/mol. The number of aromatic nitrogens is 4. The van der Waals surface area contributed by atoms with Crippen LogP contribution < -0.4 is 5.73 Å². The van der Waals surface area contributed by atoms with Gasteiger partial charge in [0.1, 0.15) is 11.3 Å². The maximum Gasteiger partial charge on any atom is 0.255 e. The van der Waals surface area contributed by atoms with E-state index in [1.165, 1.54) is 0 Å². The van der Waals surface area contributed by atoms with Crippen molar-refractivity contribution in [3.05, 3.63) is 60.7 Å². The molecule has 0 saturated carbocycles. The fraction of sp³-hybridized carbons (Fsp3) is 0.217. The van der Waals surface area contributed by atoms with Crippen LogP contribution in [-0.2, 0) is 11.8 Å². The summed E-state index contributed by atoms with van der Waals surface area (Å²) in [4.78, 5) is 23.2. The first-order chi connectivity index (χ1) is 15.0. The predicted octanol–water partition coefficient (Wildman–Crippen LogP) is 3.00. The first kappa shape index (κ1) is 20.5. The molecule has 1 aromatic carbocycles. The molecule has 2 N–H and O–H groups in total. The van der Waals surface area contributed by atoms with Crippen molar-refractivity contribution < 1.29 is 9.53 Å². The van der Waals surface area contributed by atoms with Gasteiger partial charge in [0.05, 0.1) is 18.4 Å². The van der Waals surface area contributed by atoms with Gasteiger partial charge in [0.15, 0.2) is 0 Å². The van der Waals surface area contributed by atoms with Crippen molar-refractivity contribution in [1.82, 2.24) is 24.6 Å². The van der Waals surface area contributed by atoms with Gasteiger partial charge >= 0.3 is 0 Å². The molecule has 0 radical (unpaired) electrons. The zero-order chi connectivity index (χ0) is 22.0. The average Bonchev–Trinajstić information content (AvgIpc) is 3.23. The summed E-state index contributed by atoms with van der Waals surface area (Å²) in [6.45, 7) is 0.961. The zero-order valence-corrected chi connectivity index (χ0v) is 17.7. The molecule has 8 heteroatoms. The Hall–Kier alpha value is -3.78. The fourth-order valence-corrected chi connectivity index (χ4v) is 3.45. The molecule has 4 rings (SSSR count). The van der Waals surface area contributed by atoms with Crippen LogP contribution in [-0.4, -0.2) is 57.9 Å². The van der Waals surface area contributed by atoms with E-state index in [2.05, 4.69) is 15.1 Å². The molecule has 0 aliphatic carbocycles. The number of aryl methyl sites for hydroxylation is 1. The minimum absolute atomic E-state index is 0.125.